The van der Waals surface area contributed by atoms with Gasteiger partial charge in [0.05, 0.1) is 24.9 Å². The highest BCUT2D eigenvalue weighted by molar-refractivity contribution is 4.89. The Kier molecular flexibility index (Phi) is 15.2. The Labute approximate surface area is 136 Å². The van der Waals surface area contributed by atoms with E-state index in [-0.39, 0.29) is 6.61 Å². The summed E-state index contributed by atoms with van der Waals surface area (Å²) in [5.41, 5.74) is 5.51. The zero-order chi connectivity index (χ0) is 16.6. The fourth-order valence-corrected chi connectivity index (χ4v) is 2.42. The van der Waals surface area contributed by atoms with Crippen molar-refractivity contribution in [2.24, 2.45) is 5.73 Å². The Morgan fingerprint density at radius 1 is 0.909 bits per heavy atom. The van der Waals surface area contributed by atoms with Crippen molar-refractivity contribution in [2.75, 3.05) is 6.61 Å². The van der Waals surface area contributed by atoms with E-state index in [0.717, 1.165) is 6.42 Å². The van der Waals surface area contributed by atoms with Gasteiger partial charge in [-0.05, 0) is 25.7 Å². The van der Waals surface area contributed by atoms with E-state index >= 15 is 0 Å². The molecule has 0 saturated carbocycles. The van der Waals surface area contributed by atoms with E-state index < -0.39 is 18.2 Å². The van der Waals surface area contributed by atoms with Crippen molar-refractivity contribution in [1.82, 2.24) is 0 Å². The van der Waals surface area contributed by atoms with Gasteiger partial charge in [-0.3, -0.25) is 0 Å². The maximum Gasteiger partial charge on any atom is 0.0721 e. The number of rotatable bonds is 15. The monoisotopic (exact) mass is 315 g/mol. The van der Waals surface area contributed by atoms with E-state index in [4.69, 9.17) is 10.8 Å². The number of hydrogen-bond donors (Lipinski definition) is 4. The Hall–Kier alpha value is -0.420. The summed E-state index contributed by atoms with van der Waals surface area (Å²) in [6.07, 6.45) is 14.9. The first-order chi connectivity index (χ1) is 10.6. The van der Waals surface area contributed by atoms with Crippen molar-refractivity contribution >= 4 is 0 Å². The molecule has 0 amide bonds. The van der Waals surface area contributed by atoms with Crippen LogP contribution < -0.4 is 5.73 Å². The van der Waals surface area contributed by atoms with Gasteiger partial charge < -0.3 is 21.1 Å². The maximum absolute atomic E-state index is 9.77. The average Bonchev–Trinajstić information content (AvgIpc) is 2.53. The van der Waals surface area contributed by atoms with Crippen LogP contribution in [0.5, 0.6) is 0 Å². The minimum absolute atomic E-state index is 0.231. The summed E-state index contributed by atoms with van der Waals surface area (Å²) < 4.78 is 0. The summed E-state index contributed by atoms with van der Waals surface area (Å²) in [6, 6.07) is -0.617. The fourth-order valence-electron chi connectivity index (χ4n) is 2.42. The Morgan fingerprint density at radius 2 is 1.50 bits per heavy atom. The molecule has 0 fully saturated rings. The standard InChI is InChI=1S/C18H37NO3/c1-2-3-4-5-6-7-8-9-10-11-12-16(21)13-14-18(22)17(19)15-20/h11-12,16-18,20-22H,2-10,13-15,19H2,1H3/b12-11-/t16-,17+,18+/m0/s1. The molecule has 0 spiro atoms. The molecule has 0 aromatic carbocycles. The van der Waals surface area contributed by atoms with Crippen LogP contribution in [-0.2, 0) is 0 Å². The van der Waals surface area contributed by atoms with Crippen LogP contribution in [0.25, 0.3) is 0 Å². The van der Waals surface area contributed by atoms with E-state index in [1.54, 1.807) is 6.08 Å². The zero-order valence-corrected chi connectivity index (χ0v) is 14.3. The number of nitrogens with two attached hydrogens (primary N) is 1. The molecule has 132 valence electrons. The van der Waals surface area contributed by atoms with E-state index in [9.17, 15) is 10.2 Å². The second kappa shape index (κ2) is 15.5. The van der Waals surface area contributed by atoms with Crippen molar-refractivity contribution < 1.29 is 15.3 Å². The van der Waals surface area contributed by atoms with Crippen LogP contribution in [0.3, 0.4) is 0 Å². The summed E-state index contributed by atoms with van der Waals surface area (Å²) in [6.45, 7) is 2.01. The van der Waals surface area contributed by atoms with Crippen molar-refractivity contribution in [2.45, 2.75) is 95.8 Å². The largest absolute Gasteiger partial charge is 0.395 e. The van der Waals surface area contributed by atoms with Gasteiger partial charge in [0, 0.05) is 0 Å². The molecular weight excluding hydrogens is 278 g/mol. The summed E-state index contributed by atoms with van der Waals surface area (Å²) in [5, 5.41) is 28.2. The molecule has 0 saturated heterocycles. The first-order valence-corrected chi connectivity index (χ1v) is 9.01. The first-order valence-electron chi connectivity index (χ1n) is 9.01. The maximum atomic E-state index is 9.77. The van der Waals surface area contributed by atoms with E-state index in [1.165, 1.54) is 51.4 Å². The van der Waals surface area contributed by atoms with Crippen LogP contribution in [-0.4, -0.2) is 40.2 Å². The van der Waals surface area contributed by atoms with Crippen molar-refractivity contribution in [3.8, 4) is 0 Å². The predicted octanol–water partition coefficient (Wildman–Crippen LogP) is 2.90. The highest BCUT2D eigenvalue weighted by Gasteiger charge is 2.14. The number of hydrogen-bond acceptors (Lipinski definition) is 4. The highest BCUT2D eigenvalue weighted by atomic mass is 16.3. The number of unbranched alkanes of at least 4 members (excludes halogenated alkanes) is 8. The van der Waals surface area contributed by atoms with Gasteiger partial charge in [0.15, 0.2) is 0 Å². The van der Waals surface area contributed by atoms with Gasteiger partial charge in [0.2, 0.25) is 0 Å². The van der Waals surface area contributed by atoms with Crippen LogP contribution in [0.2, 0.25) is 0 Å². The van der Waals surface area contributed by atoms with Crippen LogP contribution in [0.1, 0.15) is 77.6 Å². The van der Waals surface area contributed by atoms with Crippen LogP contribution >= 0.6 is 0 Å². The normalized spacial score (nSPS) is 16.0. The third kappa shape index (κ3) is 13.3. The molecule has 0 unspecified atom stereocenters. The van der Waals surface area contributed by atoms with Gasteiger partial charge in [0.25, 0.3) is 0 Å². The molecular formula is C18H37NO3. The van der Waals surface area contributed by atoms with E-state index in [1.807, 2.05) is 6.08 Å². The highest BCUT2D eigenvalue weighted by Crippen LogP contribution is 2.10. The minimum Gasteiger partial charge on any atom is -0.395 e. The van der Waals surface area contributed by atoms with Gasteiger partial charge in [-0.15, -0.1) is 0 Å². The molecule has 0 aliphatic heterocycles. The predicted molar refractivity (Wildman–Crippen MR) is 92.7 cm³/mol. The molecule has 5 N–H and O–H groups in total. The molecule has 4 nitrogen and oxygen atoms in total. The van der Waals surface area contributed by atoms with Crippen LogP contribution in [0.4, 0.5) is 0 Å². The van der Waals surface area contributed by atoms with Gasteiger partial charge in [-0.25, -0.2) is 0 Å². The van der Waals surface area contributed by atoms with Crippen LogP contribution in [0, 0.1) is 0 Å². The summed E-state index contributed by atoms with van der Waals surface area (Å²) in [5.74, 6) is 0. The molecule has 0 heterocycles. The Bertz CT molecular complexity index is 259. The number of aliphatic hydroxyl groups excluding tert-OH is 3. The Morgan fingerprint density at radius 3 is 2.09 bits per heavy atom. The van der Waals surface area contributed by atoms with Gasteiger partial charge in [0.1, 0.15) is 0 Å². The molecule has 0 rings (SSSR count). The van der Waals surface area contributed by atoms with E-state index in [0.29, 0.717) is 12.8 Å². The SMILES string of the molecule is CCCCCCCCCC/C=C\[C@H](O)CC[C@@H](O)[C@H](N)CO. The third-order valence-corrected chi connectivity index (χ3v) is 4.05. The minimum atomic E-state index is -0.749. The first kappa shape index (κ1) is 21.6. The molecule has 3 atom stereocenters. The number of aliphatic hydroxyl groups is 3. The zero-order valence-electron chi connectivity index (χ0n) is 14.3. The number of allylic oxidation sites excluding steroid dienone is 1. The quantitative estimate of drug-likeness (QED) is 0.276. The molecule has 22 heavy (non-hydrogen) atoms. The third-order valence-electron chi connectivity index (χ3n) is 4.05. The lowest BCUT2D eigenvalue weighted by Crippen LogP contribution is -2.38. The smallest absolute Gasteiger partial charge is 0.0721 e. The van der Waals surface area contributed by atoms with Crippen molar-refractivity contribution in [3.63, 3.8) is 0 Å². The molecule has 0 aromatic rings. The van der Waals surface area contributed by atoms with Gasteiger partial charge in [-0.1, -0.05) is 64.0 Å². The second-order valence-electron chi connectivity index (χ2n) is 6.25. The topological polar surface area (TPSA) is 86.7 Å². The Balaban J connectivity index is 3.44. The fraction of sp³-hybridized carbons (Fsp3) is 0.889. The molecule has 0 aliphatic carbocycles. The second-order valence-corrected chi connectivity index (χ2v) is 6.25. The summed E-state index contributed by atoms with van der Waals surface area (Å²) in [4.78, 5) is 0. The average molecular weight is 315 g/mol. The molecule has 0 aliphatic rings. The molecule has 0 radical (unpaired) electrons. The van der Waals surface area contributed by atoms with Gasteiger partial charge in [-0.2, -0.15) is 0 Å². The lowest BCUT2D eigenvalue weighted by Gasteiger charge is -2.17. The lowest BCUT2D eigenvalue weighted by molar-refractivity contribution is 0.0867. The molecule has 0 bridgehead atoms. The molecule has 4 heteroatoms. The van der Waals surface area contributed by atoms with Crippen molar-refractivity contribution in [1.29, 1.82) is 0 Å². The lowest BCUT2D eigenvalue weighted by atomic mass is 10.0. The molecule has 0 aromatic heterocycles. The van der Waals surface area contributed by atoms with Gasteiger partial charge >= 0.3 is 0 Å². The van der Waals surface area contributed by atoms with Crippen molar-refractivity contribution in [3.05, 3.63) is 12.2 Å². The van der Waals surface area contributed by atoms with E-state index in [2.05, 4.69) is 6.92 Å². The summed E-state index contributed by atoms with van der Waals surface area (Å²) in [7, 11) is 0. The summed E-state index contributed by atoms with van der Waals surface area (Å²) >= 11 is 0. The van der Waals surface area contributed by atoms with Crippen LogP contribution in [0.15, 0.2) is 12.2 Å².